The van der Waals surface area contributed by atoms with E-state index in [1.165, 1.54) is 10.4 Å². The van der Waals surface area contributed by atoms with Crippen LogP contribution < -0.4 is 20.3 Å². The first kappa shape index (κ1) is 22.1. The summed E-state index contributed by atoms with van der Waals surface area (Å²) in [5, 5.41) is 0. The molecule has 3 aliphatic heterocycles. The summed E-state index contributed by atoms with van der Waals surface area (Å²) in [5.74, 6) is 0.815. The SMILES string of the molecule is O=C(C1CNNC1c1ccccc1)N1CCN(S(=O)(=O)c2ccc3c(c2)OCCCO3)CC1. The number of ether oxygens (including phenoxy) is 2. The number of carbonyl (C=O) groups excluding carboxylic acids is 1. The van der Waals surface area contributed by atoms with Gasteiger partial charge in [-0.25, -0.2) is 13.8 Å². The zero-order chi connectivity index (χ0) is 22.8. The van der Waals surface area contributed by atoms with E-state index in [-0.39, 0.29) is 35.9 Å². The third kappa shape index (κ3) is 4.43. The van der Waals surface area contributed by atoms with Crippen molar-refractivity contribution in [2.45, 2.75) is 17.4 Å². The highest BCUT2D eigenvalue weighted by molar-refractivity contribution is 7.89. The lowest BCUT2D eigenvalue weighted by molar-refractivity contribution is -0.136. The van der Waals surface area contributed by atoms with Crippen LogP contribution in [0.5, 0.6) is 11.5 Å². The molecule has 1 amide bonds. The maximum absolute atomic E-state index is 13.3. The molecule has 2 unspecified atom stereocenters. The summed E-state index contributed by atoms with van der Waals surface area (Å²) in [6.07, 6.45) is 0.754. The van der Waals surface area contributed by atoms with Gasteiger partial charge in [0.1, 0.15) is 0 Å². The number of amides is 1. The first-order valence-corrected chi connectivity index (χ1v) is 12.7. The Labute approximate surface area is 193 Å². The average molecular weight is 473 g/mol. The normalized spacial score (nSPS) is 23.8. The first-order chi connectivity index (χ1) is 16.0. The van der Waals surface area contributed by atoms with Crippen LogP contribution in [0.4, 0.5) is 0 Å². The second-order valence-corrected chi connectivity index (χ2v) is 10.3. The minimum atomic E-state index is -3.69. The van der Waals surface area contributed by atoms with E-state index in [0.717, 1.165) is 12.0 Å². The summed E-state index contributed by atoms with van der Waals surface area (Å²) >= 11 is 0. The van der Waals surface area contributed by atoms with Gasteiger partial charge in [0, 0.05) is 45.2 Å². The van der Waals surface area contributed by atoms with Gasteiger partial charge in [-0.2, -0.15) is 4.31 Å². The Kier molecular flexibility index (Phi) is 6.24. The first-order valence-electron chi connectivity index (χ1n) is 11.3. The van der Waals surface area contributed by atoms with Gasteiger partial charge in [0.25, 0.3) is 0 Å². The molecule has 0 bridgehead atoms. The molecule has 2 atom stereocenters. The van der Waals surface area contributed by atoms with Crippen LogP contribution in [0.1, 0.15) is 18.0 Å². The molecule has 5 rings (SSSR count). The molecular weight excluding hydrogens is 444 g/mol. The van der Waals surface area contributed by atoms with E-state index >= 15 is 0 Å². The number of sulfonamides is 1. The number of carbonyl (C=O) groups is 1. The van der Waals surface area contributed by atoms with Gasteiger partial charge < -0.3 is 14.4 Å². The molecule has 3 aliphatic rings. The Bertz CT molecular complexity index is 1100. The minimum Gasteiger partial charge on any atom is -0.490 e. The van der Waals surface area contributed by atoms with Crippen LogP contribution in [-0.2, 0) is 14.8 Å². The highest BCUT2D eigenvalue weighted by Gasteiger charge is 2.38. The molecule has 2 aromatic rings. The van der Waals surface area contributed by atoms with Crippen molar-refractivity contribution in [1.29, 1.82) is 0 Å². The van der Waals surface area contributed by atoms with Crippen LogP contribution in [0, 0.1) is 5.92 Å². The van der Waals surface area contributed by atoms with Gasteiger partial charge in [0.2, 0.25) is 15.9 Å². The lowest BCUT2D eigenvalue weighted by atomic mass is 9.93. The van der Waals surface area contributed by atoms with Gasteiger partial charge in [0.05, 0.1) is 30.1 Å². The molecule has 2 fully saturated rings. The smallest absolute Gasteiger partial charge is 0.243 e. The lowest BCUT2D eigenvalue weighted by Crippen LogP contribution is -2.52. The molecule has 0 radical (unpaired) electrons. The van der Waals surface area contributed by atoms with Crippen molar-refractivity contribution in [3.63, 3.8) is 0 Å². The number of nitrogens with zero attached hydrogens (tertiary/aromatic N) is 2. The predicted octanol–water partition coefficient (Wildman–Crippen LogP) is 1.15. The summed E-state index contributed by atoms with van der Waals surface area (Å²) in [5.41, 5.74) is 7.35. The molecule has 0 spiro atoms. The highest BCUT2D eigenvalue weighted by atomic mass is 32.2. The van der Waals surface area contributed by atoms with Crippen molar-refractivity contribution >= 4 is 15.9 Å². The molecule has 2 aromatic carbocycles. The van der Waals surface area contributed by atoms with Gasteiger partial charge in [-0.3, -0.25) is 10.2 Å². The molecule has 176 valence electrons. The van der Waals surface area contributed by atoms with Crippen LogP contribution in [0.15, 0.2) is 53.4 Å². The monoisotopic (exact) mass is 472 g/mol. The molecule has 0 aromatic heterocycles. The Morgan fingerprint density at radius 3 is 2.42 bits per heavy atom. The fraction of sp³-hybridized carbons (Fsp3) is 0.435. The van der Waals surface area contributed by atoms with Crippen molar-refractivity contribution in [2.24, 2.45) is 5.92 Å². The topological polar surface area (TPSA) is 100 Å². The third-order valence-electron chi connectivity index (χ3n) is 6.36. The van der Waals surface area contributed by atoms with Crippen molar-refractivity contribution < 1.29 is 22.7 Å². The number of piperazine rings is 1. The van der Waals surface area contributed by atoms with Gasteiger partial charge >= 0.3 is 0 Å². The average Bonchev–Trinajstić information content (AvgIpc) is 3.22. The number of rotatable bonds is 4. The van der Waals surface area contributed by atoms with Crippen LogP contribution in [0.3, 0.4) is 0 Å². The predicted molar refractivity (Wildman–Crippen MR) is 121 cm³/mol. The maximum atomic E-state index is 13.3. The zero-order valence-electron chi connectivity index (χ0n) is 18.3. The molecule has 10 heteroatoms. The molecule has 0 saturated carbocycles. The van der Waals surface area contributed by atoms with Gasteiger partial charge in [-0.1, -0.05) is 30.3 Å². The summed E-state index contributed by atoms with van der Waals surface area (Å²) < 4.78 is 39.2. The fourth-order valence-electron chi connectivity index (χ4n) is 4.54. The lowest BCUT2D eigenvalue weighted by Gasteiger charge is -2.36. The van der Waals surface area contributed by atoms with E-state index in [1.54, 1.807) is 17.0 Å². The van der Waals surface area contributed by atoms with E-state index in [2.05, 4.69) is 10.9 Å². The summed E-state index contributed by atoms with van der Waals surface area (Å²) in [6, 6.07) is 14.5. The van der Waals surface area contributed by atoms with E-state index in [0.29, 0.717) is 44.3 Å². The highest BCUT2D eigenvalue weighted by Crippen LogP contribution is 2.33. The third-order valence-corrected chi connectivity index (χ3v) is 8.26. The van der Waals surface area contributed by atoms with Gasteiger partial charge in [0.15, 0.2) is 11.5 Å². The van der Waals surface area contributed by atoms with Gasteiger partial charge in [-0.15, -0.1) is 0 Å². The Morgan fingerprint density at radius 2 is 1.67 bits per heavy atom. The Balaban J connectivity index is 1.25. The molecule has 0 aliphatic carbocycles. The number of hydrazine groups is 1. The van der Waals surface area contributed by atoms with Crippen LogP contribution in [-0.4, -0.2) is 69.5 Å². The molecule has 2 saturated heterocycles. The van der Waals surface area contributed by atoms with Crippen molar-refractivity contribution in [1.82, 2.24) is 20.1 Å². The minimum absolute atomic E-state index is 0.0361. The van der Waals surface area contributed by atoms with Crippen molar-refractivity contribution in [2.75, 3.05) is 45.9 Å². The number of nitrogens with one attached hydrogen (secondary N) is 2. The Morgan fingerprint density at radius 1 is 0.939 bits per heavy atom. The maximum Gasteiger partial charge on any atom is 0.243 e. The van der Waals surface area contributed by atoms with Crippen LogP contribution in [0.25, 0.3) is 0 Å². The molecule has 3 heterocycles. The zero-order valence-corrected chi connectivity index (χ0v) is 19.1. The Hall–Kier alpha value is -2.66. The van der Waals surface area contributed by atoms with Crippen molar-refractivity contribution in [3.8, 4) is 11.5 Å². The summed E-state index contributed by atoms with van der Waals surface area (Å²) in [4.78, 5) is 15.2. The fourth-order valence-corrected chi connectivity index (χ4v) is 5.98. The van der Waals surface area contributed by atoms with E-state index < -0.39 is 10.0 Å². The molecule has 9 nitrogen and oxygen atoms in total. The van der Waals surface area contributed by atoms with E-state index in [4.69, 9.17) is 9.47 Å². The van der Waals surface area contributed by atoms with Crippen LogP contribution >= 0.6 is 0 Å². The summed E-state index contributed by atoms with van der Waals surface area (Å²) in [6.45, 7) is 2.81. The van der Waals surface area contributed by atoms with Crippen LogP contribution in [0.2, 0.25) is 0 Å². The largest absolute Gasteiger partial charge is 0.490 e. The van der Waals surface area contributed by atoms with Gasteiger partial charge in [-0.05, 0) is 17.7 Å². The standard InChI is InChI=1S/C23H28N4O5S/c28-23(19-16-24-25-22(19)17-5-2-1-3-6-17)26-9-11-27(12-10-26)33(29,30)18-7-8-20-21(15-18)32-14-4-13-31-20/h1-3,5-8,15,19,22,24-25H,4,9-14,16H2. The summed E-state index contributed by atoms with van der Waals surface area (Å²) in [7, 11) is -3.69. The number of fused-ring (bicyclic) bond motifs is 1. The number of hydrogen-bond acceptors (Lipinski definition) is 7. The van der Waals surface area contributed by atoms with E-state index in [9.17, 15) is 13.2 Å². The molecule has 2 N–H and O–H groups in total. The number of benzene rings is 2. The molecular formula is C23H28N4O5S. The molecule has 33 heavy (non-hydrogen) atoms. The quantitative estimate of drug-likeness (QED) is 0.689. The van der Waals surface area contributed by atoms with Crippen molar-refractivity contribution in [3.05, 3.63) is 54.1 Å². The second-order valence-electron chi connectivity index (χ2n) is 8.41. The number of hydrogen-bond donors (Lipinski definition) is 2. The second kappa shape index (κ2) is 9.30. The van der Waals surface area contributed by atoms with E-state index in [1.807, 2.05) is 30.3 Å².